The molecule has 0 aliphatic carbocycles. The van der Waals surface area contributed by atoms with Crippen molar-refractivity contribution >= 4 is 51.9 Å². The van der Waals surface area contributed by atoms with Crippen LogP contribution >= 0.6 is 23.4 Å². The number of ether oxygens (including phenoxy) is 1. The third-order valence-corrected chi connectivity index (χ3v) is 5.72. The SMILES string of the molecule is CCCCn1c(N)c(N(CCOC)C(=O)CSc2nc3ncc(Cl)cc3[nH]2)c(=O)[nH]c1=O. The molecule has 0 aromatic carbocycles. The lowest BCUT2D eigenvalue weighted by Gasteiger charge is -2.24. The number of carbonyl (C=O) groups excluding carboxylic acids is 1. The van der Waals surface area contributed by atoms with Crippen molar-refractivity contribution in [2.75, 3.05) is 36.6 Å². The fourth-order valence-corrected chi connectivity index (χ4v) is 3.96. The van der Waals surface area contributed by atoms with Gasteiger partial charge in [0.15, 0.2) is 16.5 Å². The molecule has 0 bridgehead atoms. The van der Waals surface area contributed by atoms with Gasteiger partial charge in [0.2, 0.25) is 5.91 Å². The average molecular weight is 482 g/mol. The number of anilines is 2. The monoisotopic (exact) mass is 481 g/mol. The van der Waals surface area contributed by atoms with Crippen molar-refractivity contribution in [1.82, 2.24) is 24.5 Å². The molecular weight excluding hydrogens is 458 g/mol. The molecule has 32 heavy (non-hydrogen) atoms. The van der Waals surface area contributed by atoms with E-state index < -0.39 is 17.2 Å². The minimum atomic E-state index is -0.725. The molecule has 172 valence electrons. The molecule has 4 N–H and O–H groups in total. The normalized spacial score (nSPS) is 11.2. The van der Waals surface area contributed by atoms with E-state index in [1.807, 2.05) is 6.92 Å². The molecule has 0 atom stereocenters. The molecule has 0 aliphatic heterocycles. The van der Waals surface area contributed by atoms with E-state index in [0.29, 0.717) is 34.3 Å². The van der Waals surface area contributed by atoms with E-state index in [9.17, 15) is 14.4 Å². The first-order valence-electron chi connectivity index (χ1n) is 9.91. The zero-order valence-electron chi connectivity index (χ0n) is 17.7. The van der Waals surface area contributed by atoms with Gasteiger partial charge < -0.3 is 20.4 Å². The van der Waals surface area contributed by atoms with Crippen molar-refractivity contribution in [3.63, 3.8) is 0 Å². The van der Waals surface area contributed by atoms with Crippen molar-refractivity contribution < 1.29 is 9.53 Å². The number of rotatable bonds is 10. The quantitative estimate of drug-likeness (QED) is 0.369. The van der Waals surface area contributed by atoms with Gasteiger partial charge in [0, 0.05) is 26.4 Å². The molecule has 0 radical (unpaired) electrons. The second-order valence-electron chi connectivity index (χ2n) is 6.89. The average Bonchev–Trinajstić information content (AvgIpc) is 3.16. The molecule has 11 nitrogen and oxygen atoms in total. The zero-order valence-corrected chi connectivity index (χ0v) is 19.3. The maximum Gasteiger partial charge on any atom is 0.330 e. The van der Waals surface area contributed by atoms with E-state index >= 15 is 0 Å². The molecular formula is C19H24ClN7O4S. The summed E-state index contributed by atoms with van der Waals surface area (Å²) in [4.78, 5) is 52.9. The highest BCUT2D eigenvalue weighted by atomic mass is 35.5. The maximum atomic E-state index is 13.1. The first-order valence-corrected chi connectivity index (χ1v) is 11.3. The Morgan fingerprint density at radius 1 is 1.38 bits per heavy atom. The highest BCUT2D eigenvalue weighted by molar-refractivity contribution is 7.99. The highest BCUT2D eigenvalue weighted by Crippen LogP contribution is 2.23. The third kappa shape index (κ3) is 5.31. The third-order valence-electron chi connectivity index (χ3n) is 4.65. The van der Waals surface area contributed by atoms with Crippen molar-refractivity contribution in [2.24, 2.45) is 0 Å². The van der Waals surface area contributed by atoms with Crippen molar-refractivity contribution in [2.45, 2.75) is 31.5 Å². The number of hydrogen-bond acceptors (Lipinski definition) is 8. The van der Waals surface area contributed by atoms with Crippen LogP contribution in [0.5, 0.6) is 0 Å². The molecule has 0 aliphatic rings. The summed E-state index contributed by atoms with van der Waals surface area (Å²) < 4.78 is 6.37. The first-order chi connectivity index (χ1) is 15.3. The van der Waals surface area contributed by atoms with Crippen LogP contribution in [-0.4, -0.2) is 56.4 Å². The summed E-state index contributed by atoms with van der Waals surface area (Å²) in [7, 11) is 1.49. The number of nitrogens with two attached hydrogens (primary N) is 1. The zero-order chi connectivity index (χ0) is 23.3. The number of aromatic nitrogens is 5. The number of imidazole rings is 1. The van der Waals surface area contributed by atoms with E-state index in [0.717, 1.165) is 18.2 Å². The van der Waals surface area contributed by atoms with Crippen LogP contribution in [0, 0.1) is 0 Å². The van der Waals surface area contributed by atoms with E-state index in [4.69, 9.17) is 22.1 Å². The molecule has 3 rings (SSSR count). The number of aromatic amines is 2. The van der Waals surface area contributed by atoms with Crippen LogP contribution in [-0.2, 0) is 16.1 Å². The number of nitrogens with zero attached hydrogens (tertiary/aromatic N) is 4. The summed E-state index contributed by atoms with van der Waals surface area (Å²) in [5.74, 6) is -0.481. The number of thioether (sulfide) groups is 1. The summed E-state index contributed by atoms with van der Waals surface area (Å²) in [6.07, 6.45) is 3.02. The molecule has 3 heterocycles. The number of methoxy groups -OCH3 is 1. The van der Waals surface area contributed by atoms with Crippen LogP contribution in [0.4, 0.5) is 11.5 Å². The molecule has 0 saturated heterocycles. The van der Waals surface area contributed by atoms with Gasteiger partial charge in [-0.3, -0.25) is 19.1 Å². The number of halogens is 1. The van der Waals surface area contributed by atoms with Gasteiger partial charge in [-0.25, -0.2) is 14.8 Å². The number of pyridine rings is 1. The van der Waals surface area contributed by atoms with Gasteiger partial charge in [0.05, 0.1) is 22.9 Å². The van der Waals surface area contributed by atoms with Gasteiger partial charge in [0.1, 0.15) is 5.82 Å². The number of nitrogens with one attached hydrogen (secondary N) is 2. The van der Waals surface area contributed by atoms with Crippen molar-refractivity contribution in [1.29, 1.82) is 0 Å². The lowest BCUT2D eigenvalue weighted by molar-refractivity contribution is -0.116. The number of unbranched alkanes of at least 4 members (excludes halogenated alkanes) is 1. The Morgan fingerprint density at radius 2 is 2.16 bits per heavy atom. The summed E-state index contributed by atoms with van der Waals surface area (Å²) in [5.41, 5.74) is 5.89. The number of amides is 1. The van der Waals surface area contributed by atoms with E-state index in [-0.39, 0.29) is 30.4 Å². The Bertz CT molecular complexity index is 1220. The number of carbonyl (C=O) groups is 1. The Hall–Kier alpha value is -2.83. The Kier molecular flexibility index (Phi) is 7.94. The molecule has 0 spiro atoms. The minimum absolute atomic E-state index is 0.0375. The Morgan fingerprint density at radius 3 is 2.88 bits per heavy atom. The largest absolute Gasteiger partial charge is 0.383 e. The second kappa shape index (κ2) is 10.7. The molecule has 0 saturated carbocycles. The lowest BCUT2D eigenvalue weighted by atomic mass is 10.3. The second-order valence-corrected chi connectivity index (χ2v) is 8.29. The summed E-state index contributed by atoms with van der Waals surface area (Å²) >= 11 is 7.09. The standard InChI is InChI=1S/C19H24ClN7O4S/c1-3-4-5-27-15(21)14(17(29)25-19(27)30)26(6-7-31-2)13(28)10-32-18-23-12-8-11(20)9-22-16(12)24-18/h8-9H,3-7,10,21H2,1-2H3,(H,22,23,24)(H,25,29,30). The predicted molar refractivity (Wildman–Crippen MR) is 124 cm³/mol. The number of fused-ring (bicyclic) bond motifs is 1. The van der Waals surface area contributed by atoms with Crippen molar-refractivity contribution in [3.05, 3.63) is 38.1 Å². The van der Waals surface area contributed by atoms with Crippen LogP contribution in [0.15, 0.2) is 27.0 Å². The van der Waals surface area contributed by atoms with E-state index in [1.54, 1.807) is 6.07 Å². The topological polar surface area (TPSA) is 152 Å². The molecule has 0 fully saturated rings. The smallest absolute Gasteiger partial charge is 0.330 e. The number of nitrogen functional groups attached to an aromatic ring is 1. The number of hydrogen-bond donors (Lipinski definition) is 3. The maximum absolute atomic E-state index is 13.1. The molecule has 3 aromatic heterocycles. The van der Waals surface area contributed by atoms with Crippen LogP contribution in [0.25, 0.3) is 11.2 Å². The van der Waals surface area contributed by atoms with E-state index in [2.05, 4.69) is 19.9 Å². The summed E-state index contributed by atoms with van der Waals surface area (Å²) in [6, 6.07) is 1.69. The van der Waals surface area contributed by atoms with Gasteiger partial charge in [0.25, 0.3) is 5.56 Å². The fourth-order valence-electron chi connectivity index (χ4n) is 3.05. The lowest BCUT2D eigenvalue weighted by Crippen LogP contribution is -2.43. The van der Waals surface area contributed by atoms with Crippen LogP contribution in [0.3, 0.4) is 0 Å². The van der Waals surface area contributed by atoms with Gasteiger partial charge >= 0.3 is 5.69 Å². The molecule has 13 heteroatoms. The Balaban J connectivity index is 1.87. The summed E-state index contributed by atoms with van der Waals surface area (Å²) in [5, 5.41) is 0.942. The van der Waals surface area contributed by atoms with Gasteiger partial charge in [-0.15, -0.1) is 0 Å². The molecule has 0 unspecified atom stereocenters. The van der Waals surface area contributed by atoms with Gasteiger partial charge in [-0.2, -0.15) is 0 Å². The Labute approximate surface area is 192 Å². The fraction of sp³-hybridized carbons (Fsp3) is 0.421. The molecule has 3 aromatic rings. The van der Waals surface area contributed by atoms with Gasteiger partial charge in [-0.1, -0.05) is 36.7 Å². The van der Waals surface area contributed by atoms with Crippen LogP contribution in [0.1, 0.15) is 19.8 Å². The van der Waals surface area contributed by atoms with Gasteiger partial charge in [-0.05, 0) is 12.5 Å². The van der Waals surface area contributed by atoms with Crippen LogP contribution in [0.2, 0.25) is 5.02 Å². The first kappa shape index (κ1) is 23.8. The molecule has 1 amide bonds. The number of H-pyrrole nitrogens is 2. The van der Waals surface area contributed by atoms with E-state index in [1.165, 1.54) is 22.8 Å². The highest BCUT2D eigenvalue weighted by Gasteiger charge is 2.24. The minimum Gasteiger partial charge on any atom is -0.383 e. The predicted octanol–water partition coefficient (Wildman–Crippen LogP) is 1.62. The summed E-state index contributed by atoms with van der Waals surface area (Å²) in [6.45, 7) is 2.57. The van der Waals surface area contributed by atoms with Crippen LogP contribution < -0.4 is 21.9 Å². The van der Waals surface area contributed by atoms with Crippen molar-refractivity contribution in [3.8, 4) is 0 Å².